The van der Waals surface area contributed by atoms with Gasteiger partial charge in [0.15, 0.2) is 15.6 Å². The van der Waals surface area contributed by atoms with Gasteiger partial charge in [-0.15, -0.1) is 10.2 Å². The lowest BCUT2D eigenvalue weighted by Crippen LogP contribution is -2.15. The highest BCUT2D eigenvalue weighted by Gasteiger charge is 2.20. The van der Waals surface area contributed by atoms with Crippen molar-refractivity contribution in [3.05, 3.63) is 45.8 Å². The molecule has 142 valence electrons. The van der Waals surface area contributed by atoms with E-state index in [4.69, 9.17) is 16.0 Å². The number of amides is 1. The van der Waals surface area contributed by atoms with Crippen LogP contribution >= 0.6 is 39.3 Å². The lowest BCUT2D eigenvalue weighted by Gasteiger charge is -2.12. The number of anilines is 1. The van der Waals surface area contributed by atoms with E-state index >= 15 is 0 Å². The molecular formula is C17H15BrClFN4O2S. The lowest BCUT2D eigenvalue weighted by molar-refractivity contribution is -0.113. The van der Waals surface area contributed by atoms with E-state index in [1.807, 2.05) is 18.4 Å². The molecule has 0 spiro atoms. The molecular weight excluding hydrogens is 459 g/mol. The molecule has 0 aliphatic heterocycles. The molecule has 1 amide bonds. The Kier molecular flexibility index (Phi) is 6.23. The van der Waals surface area contributed by atoms with Gasteiger partial charge in [-0.3, -0.25) is 9.36 Å². The van der Waals surface area contributed by atoms with Crippen LogP contribution in [0.2, 0.25) is 5.02 Å². The maximum atomic E-state index is 13.2. The molecule has 0 radical (unpaired) electrons. The minimum atomic E-state index is -0.536. The topological polar surface area (TPSA) is 73.0 Å². The predicted molar refractivity (Wildman–Crippen MR) is 107 cm³/mol. The maximum absolute atomic E-state index is 13.2. The van der Waals surface area contributed by atoms with Gasteiger partial charge in [-0.25, -0.2) is 4.39 Å². The summed E-state index contributed by atoms with van der Waals surface area (Å²) in [5.74, 6) is 0.487. The van der Waals surface area contributed by atoms with Crippen LogP contribution in [0.25, 0.3) is 11.6 Å². The normalized spacial score (nSPS) is 11.2. The molecule has 0 fully saturated rings. The number of rotatable bonds is 6. The first kappa shape index (κ1) is 19.9. The molecule has 2 heterocycles. The maximum Gasteiger partial charge on any atom is 0.234 e. The molecule has 10 heteroatoms. The third-order valence-corrected chi connectivity index (χ3v) is 5.17. The van der Waals surface area contributed by atoms with E-state index in [1.165, 1.54) is 30.0 Å². The van der Waals surface area contributed by atoms with Gasteiger partial charge in [0.1, 0.15) is 5.82 Å². The van der Waals surface area contributed by atoms with Crippen LogP contribution in [0.4, 0.5) is 10.1 Å². The van der Waals surface area contributed by atoms with Crippen LogP contribution in [0.15, 0.2) is 44.6 Å². The standard InChI is InChI=1S/C17H15BrClFN4O2S/c1-9(2)24-16(13-5-6-14(18)26-13)22-23-17(24)27-8-15(25)21-10-3-4-12(20)11(19)7-10/h3-7,9H,8H2,1-2H3,(H,21,25). The highest BCUT2D eigenvalue weighted by atomic mass is 79.9. The van der Waals surface area contributed by atoms with Crippen LogP contribution < -0.4 is 5.32 Å². The van der Waals surface area contributed by atoms with Crippen LogP contribution in [0.3, 0.4) is 0 Å². The molecule has 6 nitrogen and oxygen atoms in total. The van der Waals surface area contributed by atoms with Crippen molar-refractivity contribution in [2.45, 2.75) is 25.0 Å². The van der Waals surface area contributed by atoms with Crippen LogP contribution in [0.5, 0.6) is 0 Å². The Morgan fingerprint density at radius 1 is 1.37 bits per heavy atom. The van der Waals surface area contributed by atoms with Crippen molar-refractivity contribution in [3.63, 3.8) is 0 Å². The second kappa shape index (κ2) is 8.45. The summed E-state index contributed by atoms with van der Waals surface area (Å²) in [7, 11) is 0. The van der Waals surface area contributed by atoms with Crippen LogP contribution in [-0.2, 0) is 4.79 Å². The summed E-state index contributed by atoms with van der Waals surface area (Å²) in [6, 6.07) is 7.67. The van der Waals surface area contributed by atoms with Crippen molar-refractivity contribution < 1.29 is 13.6 Å². The first-order valence-electron chi connectivity index (χ1n) is 7.93. The zero-order valence-electron chi connectivity index (χ0n) is 14.4. The number of aromatic nitrogens is 3. The fourth-order valence-electron chi connectivity index (χ4n) is 2.34. The van der Waals surface area contributed by atoms with E-state index in [9.17, 15) is 9.18 Å². The fraction of sp³-hybridized carbons (Fsp3) is 0.235. The quantitative estimate of drug-likeness (QED) is 0.485. The van der Waals surface area contributed by atoms with Gasteiger partial charge in [0.05, 0.1) is 10.8 Å². The van der Waals surface area contributed by atoms with E-state index in [0.717, 1.165) is 0 Å². The van der Waals surface area contributed by atoms with E-state index < -0.39 is 5.82 Å². The molecule has 0 saturated heterocycles. The van der Waals surface area contributed by atoms with Gasteiger partial charge in [-0.1, -0.05) is 23.4 Å². The Morgan fingerprint density at radius 2 is 2.15 bits per heavy atom. The number of halogens is 3. The summed E-state index contributed by atoms with van der Waals surface area (Å²) in [5, 5.41) is 11.6. The number of thioether (sulfide) groups is 1. The third kappa shape index (κ3) is 4.72. The predicted octanol–water partition coefficient (Wildman–Crippen LogP) is 5.40. The van der Waals surface area contributed by atoms with Gasteiger partial charge in [0.25, 0.3) is 0 Å². The number of carbonyl (C=O) groups excluding carboxylic acids is 1. The summed E-state index contributed by atoms with van der Waals surface area (Å²) in [6.07, 6.45) is 0. The third-order valence-electron chi connectivity index (χ3n) is 3.51. The number of nitrogens with zero attached hydrogens (tertiary/aromatic N) is 3. The minimum absolute atomic E-state index is 0.0470. The number of furan rings is 1. The van der Waals surface area contributed by atoms with Gasteiger partial charge < -0.3 is 9.73 Å². The molecule has 3 rings (SSSR count). The molecule has 0 atom stereocenters. The Bertz CT molecular complexity index is 976. The largest absolute Gasteiger partial charge is 0.446 e. The van der Waals surface area contributed by atoms with Gasteiger partial charge in [0.2, 0.25) is 11.7 Å². The second-order valence-corrected chi connectivity index (χ2v) is 7.97. The van der Waals surface area contributed by atoms with Gasteiger partial charge in [0, 0.05) is 11.7 Å². The Labute approximate surface area is 172 Å². The number of nitrogens with one attached hydrogen (secondary N) is 1. The summed E-state index contributed by atoms with van der Waals surface area (Å²) < 4.78 is 21.3. The molecule has 0 saturated carbocycles. The molecule has 0 aliphatic carbocycles. The average molecular weight is 474 g/mol. The van der Waals surface area contributed by atoms with Crippen LogP contribution in [-0.4, -0.2) is 26.4 Å². The van der Waals surface area contributed by atoms with Crippen molar-refractivity contribution in [1.82, 2.24) is 14.8 Å². The Hall–Kier alpha value is -1.84. The van der Waals surface area contributed by atoms with E-state index in [0.29, 0.717) is 27.1 Å². The average Bonchev–Trinajstić information content (AvgIpc) is 3.22. The summed E-state index contributed by atoms with van der Waals surface area (Å²) in [4.78, 5) is 12.2. The number of hydrogen-bond acceptors (Lipinski definition) is 5. The lowest BCUT2D eigenvalue weighted by atomic mass is 10.3. The van der Waals surface area contributed by atoms with E-state index in [-0.39, 0.29) is 22.7 Å². The number of carbonyl (C=O) groups is 1. The zero-order valence-corrected chi connectivity index (χ0v) is 17.5. The highest BCUT2D eigenvalue weighted by molar-refractivity contribution is 9.10. The van der Waals surface area contributed by atoms with Gasteiger partial charge >= 0.3 is 0 Å². The summed E-state index contributed by atoms with van der Waals surface area (Å²) >= 11 is 10.2. The van der Waals surface area contributed by atoms with Crippen LogP contribution in [0.1, 0.15) is 19.9 Å². The molecule has 27 heavy (non-hydrogen) atoms. The monoisotopic (exact) mass is 472 g/mol. The SMILES string of the molecule is CC(C)n1c(SCC(=O)Nc2ccc(F)c(Cl)c2)nnc1-c1ccc(Br)o1. The minimum Gasteiger partial charge on any atom is -0.446 e. The zero-order chi connectivity index (χ0) is 19.6. The first-order chi connectivity index (χ1) is 12.8. The van der Waals surface area contributed by atoms with Crippen molar-refractivity contribution >= 4 is 50.9 Å². The van der Waals surface area contributed by atoms with Crippen molar-refractivity contribution in [2.75, 3.05) is 11.1 Å². The molecule has 1 N–H and O–H groups in total. The van der Waals surface area contributed by atoms with Crippen molar-refractivity contribution in [1.29, 1.82) is 0 Å². The summed E-state index contributed by atoms with van der Waals surface area (Å²) in [6.45, 7) is 3.99. The van der Waals surface area contributed by atoms with Crippen LogP contribution in [0, 0.1) is 5.82 Å². The number of benzene rings is 1. The molecule has 2 aromatic heterocycles. The second-order valence-electron chi connectivity index (χ2n) is 5.84. The number of hydrogen-bond donors (Lipinski definition) is 1. The first-order valence-corrected chi connectivity index (χ1v) is 10.1. The smallest absolute Gasteiger partial charge is 0.234 e. The molecule has 0 bridgehead atoms. The van der Waals surface area contributed by atoms with E-state index in [2.05, 4.69) is 31.4 Å². The van der Waals surface area contributed by atoms with E-state index in [1.54, 1.807) is 12.1 Å². The van der Waals surface area contributed by atoms with Crippen molar-refractivity contribution in [2.24, 2.45) is 0 Å². The molecule has 1 aromatic carbocycles. The Balaban J connectivity index is 1.71. The summed E-state index contributed by atoms with van der Waals surface area (Å²) in [5.41, 5.74) is 0.429. The molecule has 0 unspecified atom stereocenters. The Morgan fingerprint density at radius 3 is 2.78 bits per heavy atom. The fourth-order valence-corrected chi connectivity index (χ4v) is 3.70. The van der Waals surface area contributed by atoms with Gasteiger partial charge in [-0.2, -0.15) is 0 Å². The molecule has 0 aliphatic rings. The molecule has 3 aromatic rings. The highest BCUT2D eigenvalue weighted by Crippen LogP contribution is 2.30. The van der Waals surface area contributed by atoms with Gasteiger partial charge in [-0.05, 0) is 60.1 Å². The van der Waals surface area contributed by atoms with Crippen molar-refractivity contribution in [3.8, 4) is 11.6 Å².